The summed E-state index contributed by atoms with van der Waals surface area (Å²) in [6.45, 7) is 9.21. The highest BCUT2D eigenvalue weighted by molar-refractivity contribution is 7.12. The van der Waals surface area contributed by atoms with Crippen molar-refractivity contribution in [1.29, 1.82) is 0 Å². The highest BCUT2D eigenvalue weighted by atomic mass is 32.1. The Labute approximate surface area is 191 Å². The number of nitrogens with zero attached hydrogens (tertiary/aromatic N) is 4. The molecule has 0 radical (unpaired) electrons. The van der Waals surface area contributed by atoms with Gasteiger partial charge in [-0.15, -0.1) is 11.3 Å². The van der Waals surface area contributed by atoms with Crippen LogP contribution in [-0.4, -0.2) is 25.5 Å². The third kappa shape index (κ3) is 4.91. The average molecular weight is 450 g/mol. The van der Waals surface area contributed by atoms with Crippen LogP contribution in [-0.2, 0) is 20.2 Å². The van der Waals surface area contributed by atoms with E-state index in [0.29, 0.717) is 23.7 Å². The molecule has 4 rings (SSSR count). The number of hydrogen-bond acceptors (Lipinski definition) is 5. The first-order valence-electron chi connectivity index (χ1n) is 10.4. The summed E-state index contributed by atoms with van der Waals surface area (Å²) in [7, 11) is 1.90. The fraction of sp³-hybridized carbons (Fsp3) is 0.292. The van der Waals surface area contributed by atoms with Crippen LogP contribution in [0, 0.1) is 27.7 Å². The monoisotopic (exact) mass is 449 g/mol. The van der Waals surface area contributed by atoms with Gasteiger partial charge in [0, 0.05) is 30.6 Å². The molecule has 7 nitrogen and oxygen atoms in total. The fourth-order valence-corrected chi connectivity index (χ4v) is 4.36. The lowest BCUT2D eigenvalue weighted by molar-refractivity contribution is 0.103. The van der Waals surface area contributed by atoms with Crippen molar-refractivity contribution < 1.29 is 9.53 Å². The molecule has 8 heteroatoms. The number of aromatic nitrogens is 4. The number of rotatable bonds is 7. The van der Waals surface area contributed by atoms with Crippen LogP contribution in [0.1, 0.15) is 43.2 Å². The molecule has 0 atom stereocenters. The van der Waals surface area contributed by atoms with Crippen LogP contribution >= 0.6 is 11.3 Å². The van der Waals surface area contributed by atoms with Gasteiger partial charge in [0.15, 0.2) is 0 Å². The second kappa shape index (κ2) is 9.00. The molecule has 1 N–H and O–H groups in total. The van der Waals surface area contributed by atoms with Gasteiger partial charge in [0.25, 0.3) is 5.91 Å². The van der Waals surface area contributed by atoms with Gasteiger partial charge in [-0.1, -0.05) is 6.07 Å². The minimum absolute atomic E-state index is 0.152. The first kappa shape index (κ1) is 21.8. The summed E-state index contributed by atoms with van der Waals surface area (Å²) in [5.41, 5.74) is 7.23. The lowest BCUT2D eigenvalue weighted by atomic mass is 10.1. The molecule has 4 aromatic rings. The molecular formula is C24H27N5O2S. The maximum atomic E-state index is 12.7. The summed E-state index contributed by atoms with van der Waals surface area (Å²) in [5.74, 6) is 0.733. The Morgan fingerprint density at radius 1 is 1.16 bits per heavy atom. The fourth-order valence-electron chi connectivity index (χ4n) is 3.57. The molecule has 0 saturated heterocycles. The molecule has 32 heavy (non-hydrogen) atoms. The predicted octanol–water partition coefficient (Wildman–Crippen LogP) is 4.79. The number of carbonyl (C=O) groups is 1. The second-order valence-corrected chi connectivity index (χ2v) is 9.02. The third-order valence-corrected chi connectivity index (χ3v) is 6.35. The van der Waals surface area contributed by atoms with Gasteiger partial charge in [-0.25, -0.2) is 0 Å². The summed E-state index contributed by atoms with van der Waals surface area (Å²) < 4.78 is 9.60. The molecule has 0 spiro atoms. The van der Waals surface area contributed by atoms with Crippen LogP contribution in [0.4, 0.5) is 5.69 Å². The molecule has 3 aromatic heterocycles. The molecular weight excluding hydrogens is 422 g/mol. The predicted molar refractivity (Wildman–Crippen MR) is 127 cm³/mol. The summed E-state index contributed by atoms with van der Waals surface area (Å²) in [6, 6.07) is 6.07. The zero-order valence-corrected chi connectivity index (χ0v) is 19.8. The van der Waals surface area contributed by atoms with E-state index < -0.39 is 0 Å². The van der Waals surface area contributed by atoms with Crippen LogP contribution in [0.25, 0.3) is 0 Å². The van der Waals surface area contributed by atoms with Gasteiger partial charge in [0.05, 0.1) is 29.0 Å². The summed E-state index contributed by atoms with van der Waals surface area (Å²) in [4.78, 5) is 13.3. The van der Waals surface area contributed by atoms with E-state index in [-0.39, 0.29) is 5.91 Å². The number of carbonyl (C=O) groups excluding carboxylic acids is 1. The Morgan fingerprint density at radius 2 is 1.97 bits per heavy atom. The molecule has 1 aromatic carbocycles. The van der Waals surface area contributed by atoms with E-state index in [1.54, 1.807) is 15.6 Å². The molecule has 0 aliphatic heterocycles. The molecule has 0 bridgehead atoms. The van der Waals surface area contributed by atoms with Crippen molar-refractivity contribution in [2.24, 2.45) is 7.05 Å². The van der Waals surface area contributed by atoms with Crippen LogP contribution in [0.15, 0.2) is 42.2 Å². The first-order chi connectivity index (χ1) is 15.3. The number of amides is 1. The SMILES string of the molecule is Cc1cc(C)c(C)c(OCc2csc(C(=O)Nc3cnn(Cc4cn(C)nc4C)c3)c2)c1. The van der Waals surface area contributed by atoms with Crippen molar-refractivity contribution in [3.8, 4) is 5.75 Å². The van der Waals surface area contributed by atoms with Gasteiger partial charge in [0.2, 0.25) is 0 Å². The number of hydrogen-bond donors (Lipinski definition) is 1. The van der Waals surface area contributed by atoms with Crippen molar-refractivity contribution in [1.82, 2.24) is 19.6 Å². The largest absolute Gasteiger partial charge is 0.489 e. The Kier molecular flexibility index (Phi) is 6.14. The molecule has 0 saturated carbocycles. The number of thiophene rings is 1. The number of anilines is 1. The zero-order valence-electron chi connectivity index (χ0n) is 19.0. The minimum Gasteiger partial charge on any atom is -0.489 e. The zero-order chi connectivity index (χ0) is 22.8. The number of aryl methyl sites for hydroxylation is 4. The molecule has 1 amide bonds. The topological polar surface area (TPSA) is 74.0 Å². The molecule has 0 unspecified atom stereocenters. The second-order valence-electron chi connectivity index (χ2n) is 8.11. The van der Waals surface area contributed by atoms with Crippen molar-refractivity contribution in [2.75, 3.05) is 5.32 Å². The Hall–Kier alpha value is -3.39. The lowest BCUT2D eigenvalue weighted by Crippen LogP contribution is -2.09. The number of ether oxygens (including phenoxy) is 1. The Balaban J connectivity index is 1.36. The first-order valence-corrected chi connectivity index (χ1v) is 11.3. The summed E-state index contributed by atoms with van der Waals surface area (Å²) in [6.07, 6.45) is 5.46. The maximum absolute atomic E-state index is 12.7. The molecule has 0 aliphatic rings. The number of nitrogens with one attached hydrogen (secondary N) is 1. The van der Waals surface area contributed by atoms with E-state index in [0.717, 1.165) is 28.1 Å². The lowest BCUT2D eigenvalue weighted by Gasteiger charge is -2.11. The van der Waals surface area contributed by atoms with E-state index in [4.69, 9.17) is 4.74 Å². The van der Waals surface area contributed by atoms with E-state index in [2.05, 4.69) is 42.4 Å². The highest BCUT2D eigenvalue weighted by Crippen LogP contribution is 2.25. The Bertz CT molecular complexity index is 1270. The van der Waals surface area contributed by atoms with Crippen LogP contribution in [0.3, 0.4) is 0 Å². The van der Waals surface area contributed by atoms with Crippen LogP contribution in [0.5, 0.6) is 5.75 Å². The molecule has 3 heterocycles. The quantitative estimate of drug-likeness (QED) is 0.440. The van der Waals surface area contributed by atoms with Gasteiger partial charge >= 0.3 is 0 Å². The van der Waals surface area contributed by atoms with E-state index in [1.807, 2.05) is 43.9 Å². The van der Waals surface area contributed by atoms with Gasteiger partial charge in [-0.2, -0.15) is 10.2 Å². The third-order valence-electron chi connectivity index (χ3n) is 5.37. The summed E-state index contributed by atoms with van der Waals surface area (Å²) in [5, 5.41) is 13.6. The van der Waals surface area contributed by atoms with Crippen molar-refractivity contribution in [3.63, 3.8) is 0 Å². The molecule has 166 valence electrons. The molecule has 0 fully saturated rings. The van der Waals surface area contributed by atoms with Crippen LogP contribution < -0.4 is 10.1 Å². The van der Waals surface area contributed by atoms with Crippen molar-refractivity contribution in [3.05, 3.63) is 80.6 Å². The van der Waals surface area contributed by atoms with Gasteiger partial charge in [-0.3, -0.25) is 14.2 Å². The van der Waals surface area contributed by atoms with Crippen molar-refractivity contribution in [2.45, 2.75) is 40.8 Å². The normalized spacial score (nSPS) is 11.0. The standard InChI is InChI=1S/C24H27N5O2S/c1-15-6-16(2)17(3)22(7-15)31-13-19-8-23(32-14-19)24(30)26-21-9-25-29(12-21)11-20-10-28(5)27-18(20)4/h6-10,12,14H,11,13H2,1-5H3,(H,26,30). The van der Waals surface area contributed by atoms with Gasteiger partial charge in [0.1, 0.15) is 12.4 Å². The molecule has 0 aliphatic carbocycles. The average Bonchev–Trinajstić information content (AvgIpc) is 3.45. The van der Waals surface area contributed by atoms with E-state index >= 15 is 0 Å². The highest BCUT2D eigenvalue weighted by Gasteiger charge is 2.13. The maximum Gasteiger partial charge on any atom is 0.265 e. The van der Waals surface area contributed by atoms with E-state index in [9.17, 15) is 4.79 Å². The van der Waals surface area contributed by atoms with Crippen LogP contribution in [0.2, 0.25) is 0 Å². The smallest absolute Gasteiger partial charge is 0.265 e. The van der Waals surface area contributed by atoms with Gasteiger partial charge < -0.3 is 10.1 Å². The Morgan fingerprint density at radius 3 is 2.72 bits per heavy atom. The number of benzene rings is 1. The van der Waals surface area contributed by atoms with Gasteiger partial charge in [-0.05, 0) is 61.9 Å². The van der Waals surface area contributed by atoms with E-state index in [1.165, 1.54) is 22.5 Å². The minimum atomic E-state index is -0.152. The van der Waals surface area contributed by atoms with Crippen molar-refractivity contribution >= 4 is 22.9 Å². The summed E-state index contributed by atoms with van der Waals surface area (Å²) >= 11 is 1.41.